The number of esters is 2. The van der Waals surface area contributed by atoms with E-state index in [4.69, 9.17) is 9.47 Å². The second-order valence-electron chi connectivity index (χ2n) is 7.67. The third-order valence-electron chi connectivity index (χ3n) is 5.23. The molecule has 0 amide bonds. The first-order chi connectivity index (χ1) is 14.0. The van der Waals surface area contributed by atoms with Crippen molar-refractivity contribution in [2.45, 2.75) is 90.3 Å². The smallest absolute Gasteiger partial charge is 0.338 e. The number of aliphatic hydroxyl groups is 1. The number of ether oxygens (including phenoxy) is 2. The lowest BCUT2D eigenvalue weighted by molar-refractivity contribution is -0.150. The Bertz CT molecular complexity index is 572. The number of hydrogen-bond acceptors (Lipinski definition) is 5. The van der Waals surface area contributed by atoms with Crippen molar-refractivity contribution in [2.24, 2.45) is 5.92 Å². The number of rotatable bonds is 15. The second-order valence-corrected chi connectivity index (χ2v) is 7.67. The lowest BCUT2D eigenvalue weighted by Crippen LogP contribution is -2.36. The van der Waals surface area contributed by atoms with E-state index in [-0.39, 0.29) is 12.4 Å². The van der Waals surface area contributed by atoms with Crippen molar-refractivity contribution in [2.75, 3.05) is 7.11 Å². The number of hydrogen-bond donors (Lipinski definition) is 1. The zero-order valence-electron chi connectivity index (χ0n) is 18.3. The highest BCUT2D eigenvalue weighted by molar-refractivity contribution is 5.89. The summed E-state index contributed by atoms with van der Waals surface area (Å²) in [4.78, 5) is 25.1. The third kappa shape index (κ3) is 9.93. The largest absolute Gasteiger partial charge is 0.469 e. The normalized spacial score (nSPS) is 14.1. The fourth-order valence-corrected chi connectivity index (χ4v) is 3.49. The molecule has 0 heterocycles. The molecule has 5 heteroatoms. The van der Waals surface area contributed by atoms with Crippen LogP contribution >= 0.6 is 0 Å². The van der Waals surface area contributed by atoms with Gasteiger partial charge in [0.15, 0.2) is 0 Å². The van der Waals surface area contributed by atoms with Gasteiger partial charge in [0.05, 0.1) is 24.7 Å². The summed E-state index contributed by atoms with van der Waals surface area (Å²) in [6, 6.07) is 8.75. The summed E-state index contributed by atoms with van der Waals surface area (Å²) in [7, 11) is 1.36. The summed E-state index contributed by atoms with van der Waals surface area (Å²) in [6.45, 7) is 4.25. The van der Waals surface area contributed by atoms with Gasteiger partial charge in [-0.2, -0.15) is 0 Å². The van der Waals surface area contributed by atoms with Crippen LogP contribution in [0.5, 0.6) is 0 Å². The minimum absolute atomic E-state index is 0.246. The number of methoxy groups -OCH3 is 1. The highest BCUT2D eigenvalue weighted by Gasteiger charge is 2.33. The first kappa shape index (κ1) is 25.2. The van der Waals surface area contributed by atoms with Crippen molar-refractivity contribution in [3.63, 3.8) is 0 Å². The lowest BCUT2D eigenvalue weighted by atomic mass is 9.90. The van der Waals surface area contributed by atoms with Gasteiger partial charge in [-0.15, -0.1) is 0 Å². The van der Waals surface area contributed by atoms with Crippen LogP contribution in [0.2, 0.25) is 0 Å². The molecule has 0 saturated carbocycles. The summed E-state index contributed by atoms with van der Waals surface area (Å²) in [6.07, 6.45) is 7.26. The van der Waals surface area contributed by atoms with Gasteiger partial charge in [-0.3, -0.25) is 4.79 Å². The fraction of sp³-hybridized carbons (Fsp3) is 0.667. The molecule has 0 fully saturated rings. The predicted molar refractivity (Wildman–Crippen MR) is 115 cm³/mol. The topological polar surface area (TPSA) is 72.8 Å². The van der Waals surface area contributed by atoms with Crippen molar-refractivity contribution >= 4 is 11.9 Å². The second kappa shape index (κ2) is 15.0. The molecular weight excluding hydrogens is 368 g/mol. The van der Waals surface area contributed by atoms with Crippen LogP contribution in [0.3, 0.4) is 0 Å². The molecule has 164 valence electrons. The van der Waals surface area contributed by atoms with Crippen LogP contribution in [-0.2, 0) is 14.3 Å². The third-order valence-corrected chi connectivity index (χ3v) is 5.23. The van der Waals surface area contributed by atoms with E-state index in [1.165, 1.54) is 7.11 Å². The van der Waals surface area contributed by atoms with Gasteiger partial charge in [-0.1, -0.05) is 77.0 Å². The number of aliphatic hydroxyl groups excluding tert-OH is 1. The maximum Gasteiger partial charge on any atom is 0.338 e. The minimum Gasteiger partial charge on any atom is -0.469 e. The quantitative estimate of drug-likeness (QED) is 0.316. The van der Waals surface area contributed by atoms with E-state index in [9.17, 15) is 14.7 Å². The summed E-state index contributed by atoms with van der Waals surface area (Å²) in [5.41, 5.74) is 0.438. The lowest BCUT2D eigenvalue weighted by Gasteiger charge is -2.27. The van der Waals surface area contributed by atoms with E-state index < -0.39 is 24.1 Å². The SMILES string of the molecule is CCCCCCC(C(=O)OC)C(CC(O)CCCCC)OC(=O)c1ccccc1. The Morgan fingerprint density at radius 2 is 1.55 bits per heavy atom. The Balaban J connectivity index is 2.90. The number of carbonyl (C=O) groups excluding carboxylic acids is 2. The highest BCUT2D eigenvalue weighted by Crippen LogP contribution is 2.25. The van der Waals surface area contributed by atoms with E-state index in [2.05, 4.69) is 13.8 Å². The summed E-state index contributed by atoms with van der Waals surface area (Å²) >= 11 is 0. The van der Waals surface area contributed by atoms with Crippen LogP contribution in [0.25, 0.3) is 0 Å². The minimum atomic E-state index is -0.701. The van der Waals surface area contributed by atoms with Gasteiger partial charge >= 0.3 is 11.9 Å². The molecule has 0 spiro atoms. The molecule has 0 aliphatic heterocycles. The maximum absolute atomic E-state index is 12.6. The molecule has 0 saturated heterocycles. The molecule has 1 aromatic carbocycles. The number of carbonyl (C=O) groups is 2. The first-order valence-corrected chi connectivity index (χ1v) is 11.0. The number of unbranched alkanes of at least 4 members (excludes halogenated alkanes) is 5. The molecule has 0 radical (unpaired) electrons. The van der Waals surface area contributed by atoms with E-state index in [1.54, 1.807) is 24.3 Å². The monoisotopic (exact) mass is 406 g/mol. The average Bonchev–Trinajstić information content (AvgIpc) is 2.73. The Morgan fingerprint density at radius 1 is 0.931 bits per heavy atom. The molecule has 0 aromatic heterocycles. The number of benzene rings is 1. The zero-order valence-corrected chi connectivity index (χ0v) is 18.3. The molecule has 5 nitrogen and oxygen atoms in total. The maximum atomic E-state index is 12.6. The standard InChI is InChI=1S/C24H38O5/c1-4-6-8-13-17-21(24(27)28-3)22(18-20(25)16-10-7-5-2)29-23(26)19-14-11-9-12-15-19/h9,11-12,14-15,20-22,25H,4-8,10,13,16-18H2,1-3H3. The molecule has 1 aromatic rings. The van der Waals surface area contributed by atoms with Gasteiger partial charge in [0.1, 0.15) is 6.10 Å². The highest BCUT2D eigenvalue weighted by atomic mass is 16.6. The molecular formula is C24H38O5. The fourth-order valence-electron chi connectivity index (χ4n) is 3.49. The van der Waals surface area contributed by atoms with Crippen molar-refractivity contribution in [3.05, 3.63) is 35.9 Å². The van der Waals surface area contributed by atoms with Crippen molar-refractivity contribution in [1.82, 2.24) is 0 Å². The molecule has 1 N–H and O–H groups in total. The summed E-state index contributed by atoms with van der Waals surface area (Å²) in [5.74, 6) is -1.42. The Labute approximate surface area is 175 Å². The summed E-state index contributed by atoms with van der Waals surface area (Å²) < 4.78 is 10.8. The average molecular weight is 407 g/mol. The first-order valence-electron chi connectivity index (χ1n) is 11.0. The Morgan fingerprint density at radius 3 is 2.17 bits per heavy atom. The van der Waals surface area contributed by atoms with Crippen LogP contribution < -0.4 is 0 Å². The van der Waals surface area contributed by atoms with Crippen LogP contribution in [0.4, 0.5) is 0 Å². The zero-order chi connectivity index (χ0) is 21.5. The molecule has 0 aliphatic rings. The van der Waals surface area contributed by atoms with E-state index in [1.807, 2.05) is 6.07 Å². The van der Waals surface area contributed by atoms with Crippen molar-refractivity contribution in [1.29, 1.82) is 0 Å². The van der Waals surface area contributed by atoms with E-state index in [0.717, 1.165) is 44.9 Å². The van der Waals surface area contributed by atoms with Crippen LogP contribution in [-0.4, -0.2) is 36.4 Å². The van der Waals surface area contributed by atoms with Gasteiger partial charge in [-0.25, -0.2) is 4.79 Å². The van der Waals surface area contributed by atoms with Crippen molar-refractivity contribution < 1.29 is 24.2 Å². The van der Waals surface area contributed by atoms with Gasteiger partial charge in [0.2, 0.25) is 0 Å². The molecule has 0 aliphatic carbocycles. The van der Waals surface area contributed by atoms with Gasteiger partial charge in [0, 0.05) is 6.42 Å². The van der Waals surface area contributed by atoms with Gasteiger partial charge in [0.25, 0.3) is 0 Å². The molecule has 29 heavy (non-hydrogen) atoms. The summed E-state index contributed by atoms with van der Waals surface area (Å²) in [5, 5.41) is 10.5. The van der Waals surface area contributed by atoms with Crippen LogP contribution in [0, 0.1) is 5.92 Å². The van der Waals surface area contributed by atoms with Crippen molar-refractivity contribution in [3.8, 4) is 0 Å². The van der Waals surface area contributed by atoms with Gasteiger partial charge < -0.3 is 14.6 Å². The Kier molecular flexibility index (Phi) is 13.0. The molecule has 3 unspecified atom stereocenters. The molecule has 0 bridgehead atoms. The van der Waals surface area contributed by atoms with Crippen LogP contribution in [0.1, 0.15) is 88.4 Å². The molecule has 3 atom stereocenters. The molecule has 1 rings (SSSR count). The van der Waals surface area contributed by atoms with Gasteiger partial charge in [-0.05, 0) is 25.0 Å². The van der Waals surface area contributed by atoms with E-state index in [0.29, 0.717) is 18.4 Å². The Hall–Kier alpha value is -1.88. The predicted octanol–water partition coefficient (Wildman–Crippen LogP) is 5.30. The van der Waals surface area contributed by atoms with Crippen LogP contribution in [0.15, 0.2) is 30.3 Å². The van der Waals surface area contributed by atoms with E-state index >= 15 is 0 Å².